The van der Waals surface area contributed by atoms with Crippen LogP contribution in [0.15, 0.2) is 48.8 Å². The van der Waals surface area contributed by atoms with Crippen LogP contribution in [-0.4, -0.2) is 4.98 Å². The third-order valence-electron chi connectivity index (χ3n) is 3.32. The van der Waals surface area contributed by atoms with E-state index in [1.165, 1.54) is 11.1 Å². The molecule has 1 aromatic carbocycles. The second kappa shape index (κ2) is 6.69. The number of rotatable bonds is 5. The maximum absolute atomic E-state index is 6.06. The zero-order valence-electron chi connectivity index (χ0n) is 11.3. The topological polar surface area (TPSA) is 24.9 Å². The maximum Gasteiger partial charge on any atom is 0.0409 e. The van der Waals surface area contributed by atoms with Crippen LogP contribution in [0.25, 0.3) is 0 Å². The molecule has 19 heavy (non-hydrogen) atoms. The van der Waals surface area contributed by atoms with Gasteiger partial charge in [-0.15, -0.1) is 0 Å². The molecule has 1 heterocycles. The highest BCUT2D eigenvalue weighted by atomic mass is 35.5. The molecule has 0 spiro atoms. The monoisotopic (exact) mass is 274 g/mol. The molecule has 0 aliphatic heterocycles. The van der Waals surface area contributed by atoms with Crippen molar-refractivity contribution in [3.05, 3.63) is 64.9 Å². The molecule has 1 N–H and O–H groups in total. The van der Waals surface area contributed by atoms with Crippen LogP contribution >= 0.6 is 11.6 Å². The molecule has 0 fully saturated rings. The number of hydrogen-bond donors (Lipinski definition) is 1. The summed E-state index contributed by atoms with van der Waals surface area (Å²) >= 11 is 6.06. The van der Waals surface area contributed by atoms with E-state index < -0.39 is 0 Å². The largest absolute Gasteiger partial charge is 0.303 e. The highest BCUT2D eigenvalue weighted by Gasteiger charge is 2.13. The van der Waals surface area contributed by atoms with Gasteiger partial charge < -0.3 is 5.32 Å². The molecule has 2 aromatic rings. The van der Waals surface area contributed by atoms with Crippen LogP contribution in [0.4, 0.5) is 0 Å². The molecule has 2 nitrogen and oxygen atoms in total. The fourth-order valence-electron chi connectivity index (χ4n) is 2.22. The number of benzene rings is 1. The van der Waals surface area contributed by atoms with E-state index in [2.05, 4.69) is 30.2 Å². The van der Waals surface area contributed by atoms with Gasteiger partial charge in [0.2, 0.25) is 0 Å². The van der Waals surface area contributed by atoms with Crippen LogP contribution in [0.3, 0.4) is 0 Å². The van der Waals surface area contributed by atoms with Crippen molar-refractivity contribution in [2.45, 2.75) is 32.4 Å². The van der Waals surface area contributed by atoms with E-state index in [1.54, 1.807) is 0 Å². The van der Waals surface area contributed by atoms with Gasteiger partial charge in [0.25, 0.3) is 0 Å². The van der Waals surface area contributed by atoms with Crippen molar-refractivity contribution in [3.63, 3.8) is 0 Å². The van der Waals surface area contributed by atoms with Gasteiger partial charge in [-0.1, -0.05) is 30.7 Å². The van der Waals surface area contributed by atoms with E-state index in [0.717, 1.165) is 11.4 Å². The Morgan fingerprint density at radius 1 is 1.16 bits per heavy atom. The molecule has 1 aromatic heterocycles. The van der Waals surface area contributed by atoms with E-state index in [-0.39, 0.29) is 6.04 Å². The predicted molar refractivity (Wildman–Crippen MR) is 80.3 cm³/mol. The third-order valence-corrected chi connectivity index (χ3v) is 3.55. The zero-order chi connectivity index (χ0) is 13.7. The lowest BCUT2D eigenvalue weighted by Crippen LogP contribution is -2.24. The number of nitrogens with zero attached hydrogens (tertiary/aromatic N) is 1. The van der Waals surface area contributed by atoms with Gasteiger partial charge in [-0.05, 0) is 48.7 Å². The van der Waals surface area contributed by atoms with Crippen molar-refractivity contribution in [3.8, 4) is 0 Å². The first kappa shape index (κ1) is 14.0. The Morgan fingerprint density at radius 3 is 2.53 bits per heavy atom. The quantitative estimate of drug-likeness (QED) is 0.866. The minimum atomic E-state index is 0.284. The van der Waals surface area contributed by atoms with E-state index in [1.807, 2.05) is 42.7 Å². The van der Waals surface area contributed by atoms with E-state index in [9.17, 15) is 0 Å². The van der Waals surface area contributed by atoms with Crippen molar-refractivity contribution in [2.24, 2.45) is 0 Å². The van der Waals surface area contributed by atoms with E-state index in [0.29, 0.717) is 6.04 Å². The highest BCUT2D eigenvalue weighted by molar-refractivity contribution is 6.30. The Bertz CT molecular complexity index is 513. The third kappa shape index (κ3) is 3.79. The SMILES string of the molecule is CCC(N[C@H](C)c1ccncc1)c1cccc(Cl)c1. The molecule has 3 heteroatoms. The Labute approximate surface area is 119 Å². The molecule has 0 aliphatic carbocycles. The van der Waals surface area contributed by atoms with Crippen molar-refractivity contribution >= 4 is 11.6 Å². The first-order chi connectivity index (χ1) is 9.20. The Balaban J connectivity index is 2.11. The molecule has 100 valence electrons. The fourth-order valence-corrected chi connectivity index (χ4v) is 2.42. The summed E-state index contributed by atoms with van der Waals surface area (Å²) in [4.78, 5) is 4.05. The normalized spacial score (nSPS) is 14.1. The lowest BCUT2D eigenvalue weighted by Gasteiger charge is -2.23. The van der Waals surface area contributed by atoms with Crippen LogP contribution in [0, 0.1) is 0 Å². The van der Waals surface area contributed by atoms with Crippen LogP contribution < -0.4 is 5.32 Å². The number of pyridine rings is 1. The molecule has 0 saturated heterocycles. The van der Waals surface area contributed by atoms with E-state index in [4.69, 9.17) is 11.6 Å². The number of halogens is 1. The summed E-state index contributed by atoms with van der Waals surface area (Å²) in [5.74, 6) is 0. The molecule has 0 radical (unpaired) electrons. The molecule has 0 bridgehead atoms. The van der Waals surface area contributed by atoms with Crippen LogP contribution in [0.5, 0.6) is 0 Å². The van der Waals surface area contributed by atoms with Gasteiger partial charge in [0.05, 0.1) is 0 Å². The summed E-state index contributed by atoms with van der Waals surface area (Å²) in [6, 6.07) is 12.7. The minimum Gasteiger partial charge on any atom is -0.303 e. The standard InChI is InChI=1S/C16H19ClN2/c1-3-16(14-5-4-6-15(17)11-14)19-12(2)13-7-9-18-10-8-13/h4-12,16,19H,3H2,1-2H3/t12-,16?/m1/s1. The summed E-state index contributed by atoms with van der Waals surface area (Å²) in [6.07, 6.45) is 4.68. The molecule has 0 aliphatic rings. The van der Waals surface area contributed by atoms with E-state index >= 15 is 0 Å². The summed E-state index contributed by atoms with van der Waals surface area (Å²) in [6.45, 7) is 4.35. The minimum absolute atomic E-state index is 0.284. The maximum atomic E-state index is 6.06. The fraction of sp³-hybridized carbons (Fsp3) is 0.312. The van der Waals surface area contributed by atoms with Gasteiger partial charge in [0.1, 0.15) is 0 Å². The van der Waals surface area contributed by atoms with Gasteiger partial charge in [0, 0.05) is 29.5 Å². The number of aromatic nitrogens is 1. The molecule has 0 saturated carbocycles. The Morgan fingerprint density at radius 2 is 1.89 bits per heavy atom. The van der Waals surface area contributed by atoms with Crippen LogP contribution in [0.2, 0.25) is 5.02 Å². The summed E-state index contributed by atoms with van der Waals surface area (Å²) < 4.78 is 0. The van der Waals surface area contributed by atoms with Crippen molar-refractivity contribution < 1.29 is 0 Å². The van der Waals surface area contributed by atoms with Crippen molar-refractivity contribution in [1.29, 1.82) is 0 Å². The number of hydrogen-bond acceptors (Lipinski definition) is 2. The molecular formula is C16H19ClN2. The van der Waals surface area contributed by atoms with Crippen molar-refractivity contribution in [1.82, 2.24) is 10.3 Å². The van der Waals surface area contributed by atoms with Gasteiger partial charge in [-0.3, -0.25) is 4.98 Å². The van der Waals surface area contributed by atoms with Crippen LogP contribution in [0.1, 0.15) is 43.5 Å². The summed E-state index contributed by atoms with van der Waals surface area (Å²) in [7, 11) is 0. The number of nitrogens with one attached hydrogen (secondary N) is 1. The second-order valence-electron chi connectivity index (χ2n) is 4.68. The second-order valence-corrected chi connectivity index (χ2v) is 5.12. The molecule has 2 rings (SSSR count). The average molecular weight is 275 g/mol. The van der Waals surface area contributed by atoms with Gasteiger partial charge in [-0.2, -0.15) is 0 Å². The lowest BCUT2D eigenvalue weighted by atomic mass is 10.0. The molecular weight excluding hydrogens is 256 g/mol. The van der Waals surface area contributed by atoms with Gasteiger partial charge in [-0.25, -0.2) is 0 Å². The lowest BCUT2D eigenvalue weighted by molar-refractivity contribution is 0.456. The average Bonchev–Trinajstić information content (AvgIpc) is 2.45. The first-order valence-corrected chi connectivity index (χ1v) is 7.00. The van der Waals surface area contributed by atoms with Crippen LogP contribution in [-0.2, 0) is 0 Å². The highest BCUT2D eigenvalue weighted by Crippen LogP contribution is 2.23. The molecule has 2 atom stereocenters. The smallest absolute Gasteiger partial charge is 0.0409 e. The van der Waals surface area contributed by atoms with Gasteiger partial charge >= 0.3 is 0 Å². The molecule has 0 amide bonds. The summed E-state index contributed by atoms with van der Waals surface area (Å²) in [5, 5.41) is 4.43. The Kier molecular flexibility index (Phi) is 4.94. The van der Waals surface area contributed by atoms with Gasteiger partial charge in [0.15, 0.2) is 0 Å². The molecule has 1 unspecified atom stereocenters. The van der Waals surface area contributed by atoms with Crippen molar-refractivity contribution in [2.75, 3.05) is 0 Å². The zero-order valence-corrected chi connectivity index (χ0v) is 12.1. The Hall–Kier alpha value is -1.38. The predicted octanol–water partition coefficient (Wildman–Crippen LogP) is 4.54. The first-order valence-electron chi connectivity index (χ1n) is 6.62. The summed E-state index contributed by atoms with van der Waals surface area (Å²) in [5.41, 5.74) is 2.48.